The van der Waals surface area contributed by atoms with E-state index in [1.165, 1.54) is 10.9 Å². The Bertz CT molecular complexity index is 1100. The Kier molecular flexibility index (Phi) is 6.30. The number of aliphatic hydroxyl groups is 2. The molecule has 3 aromatic rings. The fourth-order valence-corrected chi connectivity index (χ4v) is 4.13. The van der Waals surface area contributed by atoms with Gasteiger partial charge in [-0.05, 0) is 39.9 Å². The third kappa shape index (κ3) is 4.61. The van der Waals surface area contributed by atoms with Crippen molar-refractivity contribution in [2.24, 2.45) is 0 Å². The topological polar surface area (TPSA) is 129 Å². The van der Waals surface area contributed by atoms with Crippen LogP contribution in [0.1, 0.15) is 17.6 Å². The van der Waals surface area contributed by atoms with Crippen LogP contribution in [0.3, 0.4) is 0 Å². The van der Waals surface area contributed by atoms with Crippen LogP contribution in [0.2, 0.25) is 0 Å². The van der Waals surface area contributed by atoms with E-state index in [0.29, 0.717) is 23.4 Å². The third-order valence-electron chi connectivity index (χ3n) is 4.70. The van der Waals surface area contributed by atoms with Gasteiger partial charge in [-0.15, -0.1) is 0 Å². The summed E-state index contributed by atoms with van der Waals surface area (Å²) in [6, 6.07) is 9.70. The van der Waals surface area contributed by atoms with Crippen molar-refractivity contribution in [2.45, 2.75) is 31.0 Å². The second kappa shape index (κ2) is 8.64. The summed E-state index contributed by atoms with van der Waals surface area (Å²) < 4.78 is 12.5. The van der Waals surface area contributed by atoms with Crippen LogP contribution in [-0.4, -0.2) is 54.7 Å². The molecule has 4 N–H and O–H groups in total. The number of nitrogens with zero attached hydrogens (tertiary/aromatic N) is 4. The number of nitrogens with two attached hydrogens (primary N) is 1. The molecule has 0 amide bonds. The summed E-state index contributed by atoms with van der Waals surface area (Å²) in [5.41, 5.74) is 7.84. The lowest BCUT2D eigenvalue weighted by molar-refractivity contribution is -0.0459. The molecule has 1 aromatic carbocycles. The van der Waals surface area contributed by atoms with Gasteiger partial charge in [0, 0.05) is 6.42 Å². The highest BCUT2D eigenvalue weighted by Crippen LogP contribution is 2.58. The van der Waals surface area contributed by atoms with Gasteiger partial charge in [-0.1, -0.05) is 30.3 Å². The number of ether oxygens (including phenoxy) is 1. The van der Waals surface area contributed by atoms with Gasteiger partial charge in [0.1, 0.15) is 29.7 Å². The maximum absolute atomic E-state index is 10.5. The number of aromatic nitrogens is 4. The predicted molar refractivity (Wildman–Crippen MR) is 117 cm³/mol. The van der Waals surface area contributed by atoms with E-state index in [1.807, 2.05) is 30.3 Å². The zero-order valence-electron chi connectivity index (χ0n) is 15.4. The van der Waals surface area contributed by atoms with E-state index in [0.717, 1.165) is 5.56 Å². The van der Waals surface area contributed by atoms with Crippen LogP contribution < -0.4 is 5.73 Å². The molecule has 9 nitrogen and oxygen atoms in total. The van der Waals surface area contributed by atoms with Crippen molar-refractivity contribution in [3.05, 3.63) is 48.0 Å². The zero-order chi connectivity index (χ0) is 21.5. The van der Waals surface area contributed by atoms with Gasteiger partial charge in [-0.3, -0.25) is 4.57 Å². The Morgan fingerprint density at radius 3 is 2.63 bits per heavy atom. The van der Waals surface area contributed by atoms with Crippen molar-refractivity contribution in [2.75, 3.05) is 12.3 Å². The number of aliphatic hydroxyl groups excluding tert-OH is 2. The highest BCUT2D eigenvalue weighted by molar-refractivity contribution is 8.36. The number of rotatable bonds is 6. The summed E-state index contributed by atoms with van der Waals surface area (Å²) in [6.07, 6.45) is -2.47. The minimum Gasteiger partial charge on any atom is -0.387 e. The molecule has 1 aliphatic heterocycles. The summed E-state index contributed by atoms with van der Waals surface area (Å²) in [5.74, 6) is 0.702. The smallest absolute Gasteiger partial charge is 0.240 e. The van der Waals surface area contributed by atoms with E-state index >= 15 is 0 Å². The Hall–Kier alpha value is -1.36. The number of hydrogen-bond acceptors (Lipinski definition) is 9. The van der Waals surface area contributed by atoms with E-state index in [2.05, 4.69) is 15.0 Å². The molecule has 30 heavy (non-hydrogen) atoms. The lowest BCUT2D eigenvalue weighted by atomic mass is 10.1. The number of hydrogen-bond donors (Lipinski definition) is 3. The minimum absolute atomic E-state index is 0.165. The average Bonchev–Trinajstić information content (AvgIpc) is 3.22. The maximum Gasteiger partial charge on any atom is 0.240 e. The number of anilines is 1. The van der Waals surface area contributed by atoms with Crippen LogP contribution in [0.25, 0.3) is 11.2 Å². The van der Waals surface area contributed by atoms with Crippen LogP contribution in [0.5, 0.6) is 0 Å². The Labute approximate surface area is 186 Å². The summed E-state index contributed by atoms with van der Waals surface area (Å²) in [6.45, 7) is -0.165. The first-order chi connectivity index (χ1) is 14.2. The van der Waals surface area contributed by atoms with Gasteiger partial charge in [0.2, 0.25) is 4.97 Å². The number of fused-ring (bicyclic) bond motifs is 1. The second-order valence-electron chi connectivity index (χ2n) is 6.77. The average molecular weight is 490 g/mol. The summed E-state index contributed by atoms with van der Waals surface area (Å²) in [5, 5.41) is 20.9. The zero-order valence-corrected chi connectivity index (χ0v) is 18.6. The summed E-state index contributed by atoms with van der Waals surface area (Å²) >= 11 is 16.3. The molecule has 3 heterocycles. The second-order valence-corrected chi connectivity index (χ2v) is 14.0. The van der Waals surface area contributed by atoms with Gasteiger partial charge in [-0.2, -0.15) is 0 Å². The predicted octanol–water partition coefficient (Wildman–Crippen LogP) is 2.34. The van der Waals surface area contributed by atoms with E-state index in [-0.39, 0.29) is 12.4 Å². The van der Waals surface area contributed by atoms with Crippen molar-refractivity contribution in [1.29, 1.82) is 0 Å². The SMILES string of the molecule is Nc1nc(Cc2ccccc2)nc2c1ncn2[C@@H]1O[C@H](COP(=S)(Cl)Cl)[C@@H](O)[C@H]1O. The van der Waals surface area contributed by atoms with Gasteiger partial charge >= 0.3 is 0 Å². The van der Waals surface area contributed by atoms with Crippen molar-refractivity contribution >= 4 is 56.2 Å². The lowest BCUT2D eigenvalue weighted by Gasteiger charge is -2.17. The van der Waals surface area contributed by atoms with E-state index in [1.54, 1.807) is 0 Å². The Morgan fingerprint density at radius 2 is 1.93 bits per heavy atom. The highest BCUT2D eigenvalue weighted by Gasteiger charge is 2.45. The molecule has 0 bridgehead atoms. The molecule has 0 saturated carbocycles. The minimum atomic E-state index is -2.98. The van der Waals surface area contributed by atoms with Crippen LogP contribution >= 0.6 is 27.5 Å². The number of benzene rings is 1. The van der Waals surface area contributed by atoms with Crippen molar-refractivity contribution in [3.63, 3.8) is 0 Å². The molecule has 0 unspecified atom stereocenters. The molecule has 1 saturated heterocycles. The van der Waals surface area contributed by atoms with Crippen LogP contribution in [0, 0.1) is 0 Å². The summed E-state index contributed by atoms with van der Waals surface area (Å²) in [7, 11) is 0. The number of halogens is 2. The Morgan fingerprint density at radius 1 is 1.20 bits per heavy atom. The number of nitrogen functional groups attached to an aromatic ring is 1. The molecule has 4 rings (SSSR count). The first kappa shape index (κ1) is 21.9. The van der Waals surface area contributed by atoms with Crippen LogP contribution in [-0.2, 0) is 27.5 Å². The van der Waals surface area contributed by atoms with E-state index < -0.39 is 29.5 Å². The highest BCUT2D eigenvalue weighted by atomic mass is 35.9. The molecule has 160 valence electrons. The fraction of sp³-hybridized carbons (Fsp3) is 0.353. The van der Waals surface area contributed by atoms with Crippen LogP contribution in [0.15, 0.2) is 36.7 Å². The summed E-state index contributed by atoms with van der Waals surface area (Å²) in [4.78, 5) is 10.1. The van der Waals surface area contributed by atoms with Crippen molar-refractivity contribution in [3.8, 4) is 0 Å². The van der Waals surface area contributed by atoms with Crippen molar-refractivity contribution in [1.82, 2.24) is 19.5 Å². The molecular weight excluding hydrogens is 472 g/mol. The molecule has 0 radical (unpaired) electrons. The van der Waals surface area contributed by atoms with Gasteiger partial charge in [0.15, 0.2) is 17.7 Å². The fourth-order valence-electron chi connectivity index (χ4n) is 3.29. The number of imidazole rings is 1. The van der Waals surface area contributed by atoms with Crippen molar-refractivity contribution < 1.29 is 19.5 Å². The monoisotopic (exact) mass is 489 g/mol. The van der Waals surface area contributed by atoms with Gasteiger partial charge in [0.25, 0.3) is 0 Å². The van der Waals surface area contributed by atoms with Gasteiger partial charge < -0.3 is 25.2 Å². The Balaban J connectivity index is 1.63. The third-order valence-corrected chi connectivity index (χ3v) is 6.05. The maximum atomic E-state index is 10.5. The van der Waals surface area contributed by atoms with Gasteiger partial charge in [-0.25, -0.2) is 15.0 Å². The lowest BCUT2D eigenvalue weighted by Crippen LogP contribution is -2.33. The quantitative estimate of drug-likeness (QED) is 0.446. The first-order valence-corrected chi connectivity index (χ1v) is 13.4. The van der Waals surface area contributed by atoms with E-state index in [9.17, 15) is 10.2 Å². The molecule has 2 aromatic heterocycles. The molecule has 1 aliphatic rings. The largest absolute Gasteiger partial charge is 0.387 e. The first-order valence-electron chi connectivity index (χ1n) is 8.91. The normalized spacial score (nSPS) is 24.5. The molecule has 1 fully saturated rings. The molecule has 4 atom stereocenters. The molecule has 0 spiro atoms. The molecular formula is C17H18Cl2N5O4PS. The van der Waals surface area contributed by atoms with Gasteiger partial charge in [0.05, 0.1) is 12.9 Å². The molecule has 0 aliphatic carbocycles. The van der Waals surface area contributed by atoms with Crippen LogP contribution in [0.4, 0.5) is 5.82 Å². The molecule has 13 heteroatoms. The standard InChI is InChI=1S/C17H18Cl2N5O4PS/c18-29(19,30)27-7-10-13(25)14(26)17(28-10)24-8-21-12-15(20)22-11(23-16(12)24)6-9-4-2-1-3-5-9/h1-5,8,10,13-14,17,25-26H,6-7H2,(H2,20,22,23)/t10-,13-,14-,17-/m1/s1. The van der Waals surface area contributed by atoms with E-state index in [4.69, 9.17) is 49.3 Å².